The van der Waals surface area contributed by atoms with Crippen molar-refractivity contribution in [3.8, 4) is 11.4 Å². The zero-order chi connectivity index (χ0) is 13.4. The molecule has 0 bridgehead atoms. The van der Waals surface area contributed by atoms with Crippen molar-refractivity contribution in [3.05, 3.63) is 40.2 Å². The molecule has 19 heavy (non-hydrogen) atoms. The Bertz CT molecular complexity index is 636. The van der Waals surface area contributed by atoms with E-state index in [4.69, 9.17) is 0 Å². The van der Waals surface area contributed by atoms with Gasteiger partial charge in [-0.1, -0.05) is 28.1 Å². The van der Waals surface area contributed by atoms with Crippen LogP contribution in [-0.4, -0.2) is 19.7 Å². The van der Waals surface area contributed by atoms with E-state index < -0.39 is 0 Å². The van der Waals surface area contributed by atoms with Gasteiger partial charge in [0.15, 0.2) is 5.82 Å². The molecule has 0 radical (unpaired) electrons. The highest BCUT2D eigenvalue weighted by atomic mass is 79.9. The third-order valence-electron chi connectivity index (χ3n) is 3.14. The van der Waals surface area contributed by atoms with Gasteiger partial charge in [-0.15, -0.1) is 10.2 Å². The molecule has 0 amide bonds. The van der Waals surface area contributed by atoms with Crippen LogP contribution in [0.25, 0.3) is 11.4 Å². The first-order valence-electron chi connectivity index (χ1n) is 5.96. The van der Waals surface area contributed by atoms with Crippen molar-refractivity contribution < 1.29 is 4.92 Å². The topological polar surface area (TPSA) is 73.8 Å². The van der Waals surface area contributed by atoms with Crippen molar-refractivity contribution in [1.29, 1.82) is 0 Å². The summed E-state index contributed by atoms with van der Waals surface area (Å²) in [5.41, 5.74) is 0.594. The maximum absolute atomic E-state index is 11.1. The van der Waals surface area contributed by atoms with Crippen LogP contribution in [0.15, 0.2) is 24.3 Å². The summed E-state index contributed by atoms with van der Waals surface area (Å²) in [4.78, 5) is 10.7. The van der Waals surface area contributed by atoms with Gasteiger partial charge in [-0.3, -0.25) is 10.1 Å². The summed E-state index contributed by atoms with van der Waals surface area (Å²) in [5, 5.41) is 20.0. The Morgan fingerprint density at radius 3 is 2.74 bits per heavy atom. The van der Waals surface area contributed by atoms with Gasteiger partial charge >= 0.3 is 0 Å². The number of rotatable bonds is 4. The lowest BCUT2D eigenvalue weighted by atomic mass is 10.1. The molecular weight excluding hydrogens is 312 g/mol. The average Bonchev–Trinajstić information content (AvgIpc) is 3.17. The van der Waals surface area contributed by atoms with Gasteiger partial charge in [0.25, 0.3) is 5.69 Å². The van der Waals surface area contributed by atoms with Crippen molar-refractivity contribution in [2.75, 3.05) is 0 Å². The number of nitrogens with zero attached hydrogens (tertiary/aromatic N) is 4. The van der Waals surface area contributed by atoms with Gasteiger partial charge in [0, 0.05) is 12.1 Å². The number of alkyl halides is 1. The Hall–Kier alpha value is -1.76. The summed E-state index contributed by atoms with van der Waals surface area (Å²) in [6.07, 6.45) is 2.15. The molecule has 0 N–H and O–H groups in total. The molecule has 1 aliphatic rings. The molecule has 1 aromatic carbocycles. The van der Waals surface area contributed by atoms with Crippen LogP contribution in [0.3, 0.4) is 0 Å². The maximum Gasteiger partial charge on any atom is 0.280 e. The van der Waals surface area contributed by atoms with E-state index in [1.54, 1.807) is 18.2 Å². The van der Waals surface area contributed by atoms with E-state index in [2.05, 4.69) is 26.1 Å². The van der Waals surface area contributed by atoms with Crippen molar-refractivity contribution in [2.24, 2.45) is 0 Å². The highest BCUT2D eigenvalue weighted by Crippen LogP contribution is 2.40. The first-order valence-corrected chi connectivity index (χ1v) is 7.08. The summed E-state index contributed by atoms with van der Waals surface area (Å²) in [5.74, 6) is 1.40. The molecule has 1 fully saturated rings. The molecule has 2 aromatic rings. The molecule has 98 valence electrons. The van der Waals surface area contributed by atoms with Gasteiger partial charge in [-0.05, 0) is 18.9 Å². The van der Waals surface area contributed by atoms with E-state index in [1.165, 1.54) is 6.07 Å². The monoisotopic (exact) mass is 322 g/mol. The second-order valence-corrected chi connectivity index (χ2v) is 5.01. The fraction of sp³-hybridized carbons (Fsp3) is 0.333. The van der Waals surface area contributed by atoms with Gasteiger partial charge in [0.2, 0.25) is 0 Å². The number of nitro benzene ring substituents is 1. The van der Waals surface area contributed by atoms with Crippen LogP contribution >= 0.6 is 15.9 Å². The lowest BCUT2D eigenvalue weighted by Crippen LogP contribution is -2.03. The lowest BCUT2D eigenvalue weighted by Gasteiger charge is -2.07. The predicted octanol–water partition coefficient (Wildman–Crippen LogP) is 3.08. The smallest absolute Gasteiger partial charge is 0.280 e. The maximum atomic E-state index is 11.1. The Morgan fingerprint density at radius 1 is 1.37 bits per heavy atom. The number of nitro groups is 1. The fourth-order valence-electron chi connectivity index (χ4n) is 2.14. The normalized spacial score (nSPS) is 14.6. The SMILES string of the molecule is O=[N+]([O-])c1ccccc1-c1nnc(CBr)n1C1CC1. The van der Waals surface area contributed by atoms with Crippen LogP contribution in [-0.2, 0) is 5.33 Å². The third-order valence-corrected chi connectivity index (χ3v) is 3.64. The molecule has 0 unspecified atom stereocenters. The van der Waals surface area contributed by atoms with E-state index in [0.29, 0.717) is 22.8 Å². The Kier molecular flexibility index (Phi) is 3.06. The second-order valence-electron chi connectivity index (χ2n) is 4.45. The van der Waals surface area contributed by atoms with Crippen molar-refractivity contribution in [1.82, 2.24) is 14.8 Å². The summed E-state index contributed by atoms with van der Waals surface area (Å²) < 4.78 is 2.01. The Balaban J connectivity index is 2.17. The molecule has 0 saturated heterocycles. The van der Waals surface area contributed by atoms with Crippen LogP contribution in [0.4, 0.5) is 5.69 Å². The minimum atomic E-state index is -0.380. The predicted molar refractivity (Wildman–Crippen MR) is 73.0 cm³/mol. The summed E-state index contributed by atoms with van der Waals surface area (Å²) in [7, 11) is 0. The minimum Gasteiger partial charge on any atom is -0.307 e. The number of hydrogen-bond acceptors (Lipinski definition) is 4. The van der Waals surface area contributed by atoms with E-state index >= 15 is 0 Å². The zero-order valence-electron chi connectivity index (χ0n) is 9.99. The molecule has 0 aliphatic heterocycles. The molecular formula is C12H11BrN4O2. The van der Waals surface area contributed by atoms with E-state index in [0.717, 1.165) is 18.7 Å². The largest absolute Gasteiger partial charge is 0.307 e. The zero-order valence-corrected chi connectivity index (χ0v) is 11.6. The number of hydrogen-bond donors (Lipinski definition) is 0. The summed E-state index contributed by atoms with van der Waals surface area (Å²) in [6.45, 7) is 0. The summed E-state index contributed by atoms with van der Waals surface area (Å²) >= 11 is 3.38. The third kappa shape index (κ3) is 2.14. The number of halogens is 1. The minimum absolute atomic E-state index is 0.0675. The van der Waals surface area contributed by atoms with E-state index in [1.807, 2.05) is 4.57 Å². The molecule has 0 spiro atoms. The quantitative estimate of drug-likeness (QED) is 0.492. The van der Waals surface area contributed by atoms with Gasteiger partial charge < -0.3 is 4.57 Å². The fourth-order valence-corrected chi connectivity index (χ4v) is 2.52. The van der Waals surface area contributed by atoms with E-state index in [-0.39, 0.29) is 10.6 Å². The van der Waals surface area contributed by atoms with Gasteiger partial charge in [-0.25, -0.2) is 0 Å². The Morgan fingerprint density at radius 2 is 2.11 bits per heavy atom. The van der Waals surface area contributed by atoms with Crippen molar-refractivity contribution >= 4 is 21.6 Å². The molecule has 7 heteroatoms. The molecule has 1 aromatic heterocycles. The Labute approximate surface area is 117 Å². The van der Waals surface area contributed by atoms with Crippen molar-refractivity contribution in [3.63, 3.8) is 0 Å². The first-order chi connectivity index (χ1) is 9.22. The highest BCUT2D eigenvalue weighted by molar-refractivity contribution is 9.08. The van der Waals surface area contributed by atoms with Crippen LogP contribution in [0, 0.1) is 10.1 Å². The summed E-state index contributed by atoms with van der Waals surface area (Å²) in [6, 6.07) is 7.03. The van der Waals surface area contributed by atoms with Crippen LogP contribution in [0.5, 0.6) is 0 Å². The number of aromatic nitrogens is 3. The second kappa shape index (κ2) is 4.73. The number of benzene rings is 1. The number of para-hydroxylation sites is 1. The first kappa shape index (κ1) is 12.3. The molecule has 0 atom stereocenters. The molecule has 1 heterocycles. The molecule has 3 rings (SSSR count). The standard InChI is InChI=1S/C12H11BrN4O2/c13-7-11-14-15-12(16(11)8-5-6-8)9-3-1-2-4-10(9)17(18)19/h1-4,8H,5-7H2. The van der Waals surface area contributed by atoms with Gasteiger partial charge in [0.1, 0.15) is 5.82 Å². The highest BCUT2D eigenvalue weighted by Gasteiger charge is 2.31. The van der Waals surface area contributed by atoms with Gasteiger partial charge in [0.05, 0.1) is 15.8 Å². The van der Waals surface area contributed by atoms with Crippen LogP contribution < -0.4 is 0 Å². The van der Waals surface area contributed by atoms with E-state index in [9.17, 15) is 10.1 Å². The van der Waals surface area contributed by atoms with Crippen molar-refractivity contribution in [2.45, 2.75) is 24.2 Å². The van der Waals surface area contributed by atoms with Crippen LogP contribution in [0.2, 0.25) is 0 Å². The molecule has 1 saturated carbocycles. The molecule has 1 aliphatic carbocycles. The lowest BCUT2D eigenvalue weighted by molar-refractivity contribution is -0.384. The van der Waals surface area contributed by atoms with Gasteiger partial charge in [-0.2, -0.15) is 0 Å². The van der Waals surface area contributed by atoms with Crippen LogP contribution in [0.1, 0.15) is 24.7 Å². The molecule has 6 nitrogen and oxygen atoms in total. The average molecular weight is 323 g/mol.